The van der Waals surface area contributed by atoms with Crippen molar-refractivity contribution < 1.29 is 0 Å². The van der Waals surface area contributed by atoms with Gasteiger partial charge < -0.3 is 14.7 Å². The highest BCUT2D eigenvalue weighted by Crippen LogP contribution is 2.60. The first-order valence-electron chi connectivity index (χ1n) is 17.8. The Hall–Kier alpha value is -5.84. The Morgan fingerprint density at radius 2 is 1.20 bits per heavy atom. The zero-order valence-corrected chi connectivity index (χ0v) is 28.9. The van der Waals surface area contributed by atoms with Crippen LogP contribution in [-0.2, 0) is 0 Å². The fourth-order valence-electron chi connectivity index (χ4n) is 10.0. The van der Waals surface area contributed by atoms with E-state index in [1.165, 1.54) is 67.1 Å². The summed E-state index contributed by atoms with van der Waals surface area (Å²) in [4.78, 5) is 7.91. The van der Waals surface area contributed by atoms with Gasteiger partial charge in [0.2, 0.25) is 0 Å². The summed E-state index contributed by atoms with van der Waals surface area (Å²) in [5.41, 5.74) is 10.8. The van der Waals surface area contributed by atoms with Crippen molar-refractivity contribution in [3.8, 4) is 0 Å². The van der Waals surface area contributed by atoms with Crippen LogP contribution in [0.3, 0.4) is 0 Å². The number of anilines is 7. The van der Waals surface area contributed by atoms with E-state index in [-0.39, 0.29) is 6.04 Å². The van der Waals surface area contributed by atoms with Crippen molar-refractivity contribution >= 4 is 79.8 Å². The SMILES string of the molecule is CC[Si]12c3c4cccc3N(c3ccccc3)C3C=CC=C(C31)N(c1ccccc1)c1c2c(cc2c1ccc1ccccc12)N4c1ccccc1. The summed E-state index contributed by atoms with van der Waals surface area (Å²) < 4.78 is 0. The summed E-state index contributed by atoms with van der Waals surface area (Å²) in [6.07, 6.45) is 7.27. The van der Waals surface area contributed by atoms with Crippen LogP contribution in [0.15, 0.2) is 176 Å². The number of para-hydroxylation sites is 3. The first-order chi connectivity index (χ1) is 24.8. The van der Waals surface area contributed by atoms with Gasteiger partial charge in [0, 0.05) is 50.7 Å². The maximum absolute atomic E-state index is 2.66. The van der Waals surface area contributed by atoms with Crippen LogP contribution < -0.4 is 25.1 Å². The lowest BCUT2D eigenvalue weighted by Crippen LogP contribution is -2.75. The predicted molar refractivity (Wildman–Crippen MR) is 214 cm³/mol. The van der Waals surface area contributed by atoms with Crippen LogP contribution in [0, 0.1) is 0 Å². The van der Waals surface area contributed by atoms with Gasteiger partial charge >= 0.3 is 0 Å². The molecule has 50 heavy (non-hydrogen) atoms. The zero-order chi connectivity index (χ0) is 33.0. The molecule has 0 N–H and O–H groups in total. The molecule has 0 aromatic heterocycles. The monoisotopic (exact) mass is 657 g/mol. The van der Waals surface area contributed by atoms with Gasteiger partial charge in [-0.2, -0.15) is 0 Å². The second-order valence-electron chi connectivity index (χ2n) is 14.0. The molecule has 4 heteroatoms. The highest BCUT2D eigenvalue weighted by molar-refractivity contribution is 7.08. The molecule has 0 amide bonds. The fourth-order valence-corrected chi connectivity index (χ4v) is 16.2. The van der Waals surface area contributed by atoms with Crippen LogP contribution >= 0.6 is 0 Å². The van der Waals surface area contributed by atoms with Gasteiger partial charge in [-0.25, -0.2) is 0 Å². The molecule has 7 aromatic carbocycles. The summed E-state index contributed by atoms with van der Waals surface area (Å²) in [6.45, 7) is 2.49. The Morgan fingerprint density at radius 1 is 0.540 bits per heavy atom. The first kappa shape index (κ1) is 28.0. The predicted octanol–water partition coefficient (Wildman–Crippen LogP) is 10.9. The minimum absolute atomic E-state index is 0.189. The number of nitrogens with zero attached hydrogens (tertiary/aromatic N) is 3. The Balaban J connectivity index is 1.38. The smallest absolute Gasteiger partial charge is 0.139 e. The van der Waals surface area contributed by atoms with Crippen molar-refractivity contribution in [1.82, 2.24) is 0 Å². The third kappa shape index (κ3) is 3.48. The summed E-state index contributed by atoms with van der Waals surface area (Å²) >= 11 is 0. The molecular weight excluding hydrogens is 623 g/mol. The standard InChI is InChI=1S/C46H35N3Si/c1-2-50-44-38-24-14-26-40(44)48(33-19-8-4-9-20-33)42-30-37-35-23-13-12-16-31(35)28-29-36(37)43(46(42)50)49(34-21-10-5-11-22-34)41-27-15-25-39(45(41)50)47(38)32-17-6-3-7-18-32/h3-30,39,45H,2H2,1H3. The van der Waals surface area contributed by atoms with Crippen molar-refractivity contribution in [3.63, 3.8) is 0 Å². The molecule has 0 spiro atoms. The normalized spacial score (nSPS) is 21.0. The second kappa shape index (κ2) is 10.3. The second-order valence-corrected chi connectivity index (χ2v) is 18.3. The number of hydrogen-bond donors (Lipinski definition) is 0. The van der Waals surface area contributed by atoms with E-state index in [0.29, 0.717) is 5.54 Å². The van der Waals surface area contributed by atoms with Gasteiger partial charge in [-0.3, -0.25) is 0 Å². The molecule has 3 atom stereocenters. The maximum Gasteiger partial charge on any atom is 0.139 e. The lowest BCUT2D eigenvalue weighted by molar-refractivity contribution is 0.709. The van der Waals surface area contributed by atoms with Crippen LogP contribution in [0.5, 0.6) is 0 Å². The Labute approximate surface area is 293 Å². The minimum atomic E-state index is -2.54. The third-order valence-corrected chi connectivity index (χ3v) is 17.4. The molecule has 4 aliphatic rings. The summed E-state index contributed by atoms with van der Waals surface area (Å²) in [6, 6.07) is 57.9. The van der Waals surface area contributed by atoms with E-state index in [9.17, 15) is 0 Å². The Kier molecular flexibility index (Phi) is 5.79. The average Bonchev–Trinajstić information content (AvgIpc) is 3.19. The highest BCUT2D eigenvalue weighted by Gasteiger charge is 2.63. The van der Waals surface area contributed by atoms with Crippen LogP contribution in [0.1, 0.15) is 6.92 Å². The van der Waals surface area contributed by atoms with E-state index in [0.717, 1.165) is 6.04 Å². The van der Waals surface area contributed by atoms with Crippen LogP contribution in [0.2, 0.25) is 11.6 Å². The van der Waals surface area contributed by atoms with Gasteiger partial charge in [-0.1, -0.05) is 122 Å². The van der Waals surface area contributed by atoms with Crippen LogP contribution in [0.25, 0.3) is 21.5 Å². The molecule has 3 aliphatic heterocycles. The van der Waals surface area contributed by atoms with Gasteiger partial charge in [-0.05, 0) is 87.2 Å². The summed E-state index contributed by atoms with van der Waals surface area (Å²) in [5, 5.41) is 8.35. The van der Waals surface area contributed by atoms with Crippen molar-refractivity contribution in [2.75, 3.05) is 14.7 Å². The molecule has 238 valence electrons. The van der Waals surface area contributed by atoms with E-state index < -0.39 is 8.07 Å². The van der Waals surface area contributed by atoms with Gasteiger partial charge in [0.25, 0.3) is 0 Å². The molecule has 3 nitrogen and oxygen atoms in total. The number of allylic oxidation sites excluding steroid dienone is 2. The van der Waals surface area contributed by atoms with Crippen molar-refractivity contribution in [3.05, 3.63) is 176 Å². The van der Waals surface area contributed by atoms with Gasteiger partial charge in [0.05, 0.1) is 11.7 Å². The number of benzene rings is 7. The van der Waals surface area contributed by atoms with Gasteiger partial charge in [0.1, 0.15) is 8.07 Å². The Morgan fingerprint density at radius 3 is 1.94 bits per heavy atom. The molecule has 0 saturated heterocycles. The zero-order valence-electron chi connectivity index (χ0n) is 27.9. The molecule has 0 bridgehead atoms. The third-order valence-electron chi connectivity index (χ3n) is 11.8. The Bertz CT molecular complexity index is 2560. The number of hydrogen-bond acceptors (Lipinski definition) is 3. The molecule has 11 rings (SSSR count). The topological polar surface area (TPSA) is 9.72 Å². The molecule has 0 saturated carbocycles. The highest BCUT2D eigenvalue weighted by atomic mass is 28.3. The van der Waals surface area contributed by atoms with Gasteiger partial charge in [0.15, 0.2) is 0 Å². The van der Waals surface area contributed by atoms with Crippen molar-refractivity contribution in [1.29, 1.82) is 0 Å². The fraction of sp³-hybridized carbons (Fsp3) is 0.0870. The van der Waals surface area contributed by atoms with Crippen molar-refractivity contribution in [2.24, 2.45) is 0 Å². The molecule has 1 aliphatic carbocycles. The summed E-state index contributed by atoms with van der Waals surface area (Å²) in [5.74, 6) is 0. The molecule has 3 unspecified atom stereocenters. The van der Waals surface area contributed by atoms with Gasteiger partial charge in [-0.15, -0.1) is 0 Å². The number of fused-ring (bicyclic) bond motifs is 4. The lowest BCUT2D eigenvalue weighted by Gasteiger charge is -2.61. The van der Waals surface area contributed by atoms with E-state index in [2.05, 4.69) is 192 Å². The van der Waals surface area contributed by atoms with Crippen LogP contribution in [-0.4, -0.2) is 14.1 Å². The molecule has 3 heterocycles. The van der Waals surface area contributed by atoms with E-state index in [1.54, 1.807) is 10.4 Å². The molecule has 7 aromatic rings. The van der Waals surface area contributed by atoms with E-state index in [1.807, 2.05) is 0 Å². The maximum atomic E-state index is 2.66. The first-order valence-corrected chi connectivity index (χ1v) is 20.1. The minimum Gasteiger partial charge on any atom is -0.334 e. The molecular formula is C46H35N3Si. The molecule has 0 fully saturated rings. The van der Waals surface area contributed by atoms with Crippen molar-refractivity contribution in [2.45, 2.75) is 24.6 Å². The number of rotatable bonds is 4. The summed E-state index contributed by atoms with van der Waals surface area (Å²) in [7, 11) is -2.54. The quantitative estimate of drug-likeness (QED) is 0.138. The van der Waals surface area contributed by atoms with E-state index >= 15 is 0 Å². The average molecular weight is 658 g/mol. The van der Waals surface area contributed by atoms with E-state index in [4.69, 9.17) is 0 Å². The largest absolute Gasteiger partial charge is 0.334 e. The molecule has 0 radical (unpaired) electrons. The lowest BCUT2D eigenvalue weighted by atomic mass is 9.94. The van der Waals surface area contributed by atoms with Crippen LogP contribution in [0.4, 0.5) is 39.8 Å².